The van der Waals surface area contributed by atoms with E-state index >= 15 is 0 Å². The Balaban J connectivity index is 2.01. The van der Waals surface area contributed by atoms with Crippen LogP contribution in [-0.2, 0) is 11.3 Å². The first-order valence-electron chi connectivity index (χ1n) is 7.04. The summed E-state index contributed by atoms with van der Waals surface area (Å²) in [5.74, 6) is 0.788. The Labute approximate surface area is 127 Å². The monoisotopic (exact) mass is 303 g/mol. The molecule has 7 heteroatoms. The Morgan fingerprint density at radius 3 is 2.77 bits per heavy atom. The molecule has 22 heavy (non-hydrogen) atoms. The number of carboxylic acid groups (broad SMARTS) is 1. The van der Waals surface area contributed by atoms with Crippen LogP contribution in [0, 0.1) is 0 Å². The number of rotatable bonds is 4. The maximum atomic E-state index is 11.3. The summed E-state index contributed by atoms with van der Waals surface area (Å²) in [7, 11) is 3.14. The van der Waals surface area contributed by atoms with Gasteiger partial charge in [-0.15, -0.1) is 0 Å². The largest absolute Gasteiger partial charge is 0.493 e. The molecular weight excluding hydrogens is 286 g/mol. The number of methoxy groups -OCH3 is 2. The molecule has 0 radical (unpaired) electrons. The van der Waals surface area contributed by atoms with Crippen molar-refractivity contribution in [2.75, 3.05) is 14.2 Å². The second-order valence-corrected chi connectivity index (χ2v) is 5.12. The van der Waals surface area contributed by atoms with Gasteiger partial charge in [0.25, 0.3) is 0 Å². The Kier molecular flexibility index (Phi) is 3.70. The fourth-order valence-electron chi connectivity index (χ4n) is 2.68. The van der Waals surface area contributed by atoms with Gasteiger partial charge in [-0.3, -0.25) is 4.79 Å². The van der Waals surface area contributed by atoms with E-state index in [1.807, 2.05) is 6.07 Å². The van der Waals surface area contributed by atoms with Crippen LogP contribution in [0.4, 0.5) is 0 Å². The van der Waals surface area contributed by atoms with Crippen LogP contribution in [0.2, 0.25) is 0 Å². The predicted molar refractivity (Wildman–Crippen MR) is 78.2 cm³/mol. The quantitative estimate of drug-likeness (QED) is 0.928. The van der Waals surface area contributed by atoms with E-state index in [9.17, 15) is 9.90 Å². The zero-order chi connectivity index (χ0) is 15.7. The van der Waals surface area contributed by atoms with E-state index in [4.69, 9.17) is 9.47 Å². The molecule has 0 amide bonds. The van der Waals surface area contributed by atoms with Crippen molar-refractivity contribution in [2.24, 2.45) is 0 Å². The second-order valence-electron chi connectivity index (χ2n) is 5.12. The molecule has 3 rings (SSSR count). The van der Waals surface area contributed by atoms with Gasteiger partial charge in [-0.1, -0.05) is 0 Å². The lowest BCUT2D eigenvalue weighted by atomic mass is 10.00. The van der Waals surface area contributed by atoms with Crippen molar-refractivity contribution in [3.8, 4) is 22.9 Å². The van der Waals surface area contributed by atoms with Crippen molar-refractivity contribution < 1.29 is 19.4 Å². The number of aryl methyl sites for hydroxylation is 1. The number of hydrogen-bond acceptors (Lipinski definition) is 5. The van der Waals surface area contributed by atoms with E-state index in [-0.39, 0.29) is 0 Å². The summed E-state index contributed by atoms with van der Waals surface area (Å²) in [4.78, 5) is 15.8. The van der Waals surface area contributed by atoms with Gasteiger partial charge in [0, 0.05) is 12.1 Å². The number of ether oxygens (including phenoxy) is 2. The highest BCUT2D eigenvalue weighted by Gasteiger charge is 2.30. The summed E-state index contributed by atoms with van der Waals surface area (Å²) in [6.45, 7) is 0.694. The Hall–Kier alpha value is -2.57. The van der Waals surface area contributed by atoms with Crippen LogP contribution in [0.15, 0.2) is 18.2 Å². The first-order valence-corrected chi connectivity index (χ1v) is 7.04. The van der Waals surface area contributed by atoms with E-state index in [1.165, 1.54) is 0 Å². The SMILES string of the molecule is COc1ccc(-c2nc3n(n2)CCCC3C(=O)O)cc1OC. The van der Waals surface area contributed by atoms with Crippen LogP contribution in [0.3, 0.4) is 0 Å². The minimum absolute atomic E-state index is 0.504. The zero-order valence-electron chi connectivity index (χ0n) is 12.4. The van der Waals surface area contributed by atoms with E-state index in [0.29, 0.717) is 36.1 Å². The van der Waals surface area contributed by atoms with Gasteiger partial charge in [-0.25, -0.2) is 9.67 Å². The first kappa shape index (κ1) is 14.4. The summed E-state index contributed by atoms with van der Waals surface area (Å²) < 4.78 is 12.2. The van der Waals surface area contributed by atoms with Gasteiger partial charge in [0.15, 0.2) is 17.3 Å². The van der Waals surface area contributed by atoms with Gasteiger partial charge in [0.2, 0.25) is 0 Å². The van der Waals surface area contributed by atoms with Crippen LogP contribution < -0.4 is 9.47 Å². The molecule has 0 saturated heterocycles. The predicted octanol–water partition coefficient (Wildman–Crippen LogP) is 1.92. The number of carbonyl (C=O) groups is 1. The minimum atomic E-state index is -0.854. The number of hydrogen-bond donors (Lipinski definition) is 1. The molecule has 1 aromatic carbocycles. The lowest BCUT2D eigenvalue weighted by molar-refractivity contribution is -0.139. The molecule has 1 aliphatic heterocycles. The molecule has 0 bridgehead atoms. The molecule has 0 saturated carbocycles. The molecule has 1 aliphatic rings. The molecule has 0 aliphatic carbocycles. The maximum Gasteiger partial charge on any atom is 0.314 e. The third-order valence-corrected chi connectivity index (χ3v) is 3.81. The molecule has 1 N–H and O–H groups in total. The molecular formula is C15H17N3O4. The van der Waals surface area contributed by atoms with Crippen LogP contribution >= 0.6 is 0 Å². The van der Waals surface area contributed by atoms with Crippen LogP contribution in [-0.4, -0.2) is 40.1 Å². The van der Waals surface area contributed by atoms with Gasteiger partial charge < -0.3 is 14.6 Å². The molecule has 116 valence electrons. The Morgan fingerprint density at radius 1 is 1.32 bits per heavy atom. The van der Waals surface area contributed by atoms with E-state index in [2.05, 4.69) is 10.1 Å². The molecule has 2 aromatic rings. The lowest BCUT2D eigenvalue weighted by Gasteiger charge is -2.17. The molecule has 7 nitrogen and oxygen atoms in total. The van der Waals surface area contributed by atoms with Crippen LogP contribution in [0.5, 0.6) is 11.5 Å². The number of benzene rings is 1. The first-order chi connectivity index (χ1) is 10.6. The molecule has 1 aromatic heterocycles. The van der Waals surface area contributed by atoms with Crippen molar-refractivity contribution in [3.63, 3.8) is 0 Å². The maximum absolute atomic E-state index is 11.3. The fraction of sp³-hybridized carbons (Fsp3) is 0.400. The Morgan fingerprint density at radius 2 is 2.09 bits per heavy atom. The fourth-order valence-corrected chi connectivity index (χ4v) is 2.68. The highest BCUT2D eigenvalue weighted by Crippen LogP contribution is 2.33. The normalized spacial score (nSPS) is 16.9. The number of fused-ring (bicyclic) bond motifs is 1. The summed E-state index contributed by atoms with van der Waals surface area (Å²) in [6, 6.07) is 5.40. The van der Waals surface area contributed by atoms with Gasteiger partial charge in [-0.2, -0.15) is 5.10 Å². The molecule has 0 fully saturated rings. The van der Waals surface area contributed by atoms with Gasteiger partial charge in [-0.05, 0) is 31.0 Å². The highest BCUT2D eigenvalue weighted by molar-refractivity contribution is 5.75. The van der Waals surface area contributed by atoms with E-state index in [1.54, 1.807) is 31.0 Å². The summed E-state index contributed by atoms with van der Waals surface area (Å²) >= 11 is 0. The van der Waals surface area contributed by atoms with Crippen LogP contribution in [0.25, 0.3) is 11.4 Å². The molecule has 1 atom stereocenters. The second kappa shape index (κ2) is 5.67. The highest BCUT2D eigenvalue weighted by atomic mass is 16.5. The average Bonchev–Trinajstić information content (AvgIpc) is 2.97. The third-order valence-electron chi connectivity index (χ3n) is 3.81. The van der Waals surface area contributed by atoms with Crippen molar-refractivity contribution in [2.45, 2.75) is 25.3 Å². The van der Waals surface area contributed by atoms with Crippen molar-refractivity contribution >= 4 is 5.97 Å². The number of aromatic nitrogens is 3. The number of carboxylic acids is 1. The lowest BCUT2D eigenvalue weighted by Crippen LogP contribution is -2.22. The topological polar surface area (TPSA) is 86.5 Å². The summed E-state index contributed by atoms with van der Waals surface area (Å²) in [5.41, 5.74) is 0.767. The molecule has 1 unspecified atom stereocenters. The smallest absolute Gasteiger partial charge is 0.314 e. The molecule has 0 spiro atoms. The van der Waals surface area contributed by atoms with E-state index < -0.39 is 11.9 Å². The van der Waals surface area contributed by atoms with Gasteiger partial charge in [0.1, 0.15) is 11.7 Å². The van der Waals surface area contributed by atoms with E-state index in [0.717, 1.165) is 12.0 Å². The van der Waals surface area contributed by atoms with Gasteiger partial charge in [0.05, 0.1) is 14.2 Å². The average molecular weight is 303 g/mol. The third kappa shape index (κ3) is 2.38. The van der Waals surface area contributed by atoms with Crippen LogP contribution in [0.1, 0.15) is 24.6 Å². The van der Waals surface area contributed by atoms with Crippen molar-refractivity contribution in [1.29, 1.82) is 0 Å². The number of aliphatic carboxylic acids is 1. The summed E-state index contributed by atoms with van der Waals surface area (Å²) in [6.07, 6.45) is 1.39. The standard InChI is InChI=1S/C15H17N3O4/c1-21-11-6-5-9(8-12(11)22-2)13-16-14-10(15(19)20)4-3-7-18(14)17-13/h5-6,8,10H,3-4,7H2,1-2H3,(H,19,20). The minimum Gasteiger partial charge on any atom is -0.493 e. The Bertz CT molecular complexity index is 711. The zero-order valence-corrected chi connectivity index (χ0v) is 12.4. The number of nitrogens with zero attached hydrogens (tertiary/aromatic N) is 3. The van der Waals surface area contributed by atoms with Crippen molar-refractivity contribution in [1.82, 2.24) is 14.8 Å². The molecule has 2 heterocycles. The van der Waals surface area contributed by atoms with Crippen molar-refractivity contribution in [3.05, 3.63) is 24.0 Å². The van der Waals surface area contributed by atoms with Gasteiger partial charge >= 0.3 is 5.97 Å². The summed E-state index contributed by atoms with van der Waals surface area (Å²) in [5, 5.41) is 13.7.